The highest BCUT2D eigenvalue weighted by Gasteiger charge is 2.46. The van der Waals surface area contributed by atoms with E-state index in [-0.39, 0.29) is 22.0 Å². The van der Waals surface area contributed by atoms with E-state index in [2.05, 4.69) is 18.4 Å². The number of piperazine rings is 1. The van der Waals surface area contributed by atoms with Gasteiger partial charge in [-0.3, -0.25) is 0 Å². The highest BCUT2D eigenvalue weighted by Crippen LogP contribution is 2.35. The quantitative estimate of drug-likeness (QED) is 0.747. The van der Waals surface area contributed by atoms with Crippen molar-refractivity contribution >= 4 is 21.6 Å². The van der Waals surface area contributed by atoms with E-state index in [1.54, 1.807) is 11.2 Å². The molecule has 0 N–H and O–H groups in total. The lowest BCUT2D eigenvalue weighted by Crippen LogP contribution is -2.55. The Morgan fingerprint density at radius 1 is 1.37 bits per heavy atom. The van der Waals surface area contributed by atoms with Crippen LogP contribution in [-0.4, -0.2) is 49.3 Å². The largest absolute Gasteiger partial charge is 0.300 e. The fourth-order valence-electron chi connectivity index (χ4n) is 3.03. The Kier molecular flexibility index (Phi) is 4.40. The third-order valence-electron chi connectivity index (χ3n) is 4.12. The van der Waals surface area contributed by atoms with Gasteiger partial charge >= 0.3 is 0 Å². The molecular formula is C13H21ClN2O2S. The van der Waals surface area contributed by atoms with Gasteiger partial charge in [0.1, 0.15) is 0 Å². The van der Waals surface area contributed by atoms with E-state index >= 15 is 0 Å². The minimum absolute atomic E-state index is 0.0907. The standard InChI is InChI=1S/C13H21ClN2O2S/c1-4-13(14)10(3)19(17,18)16-11-6-7-12(16)9-15(5-2)8-11/h4,11-12H,1,5-9H2,2-3H3/b13-10-. The van der Waals surface area contributed by atoms with Crippen LogP contribution in [-0.2, 0) is 10.0 Å². The zero-order chi connectivity index (χ0) is 14.2. The number of likely N-dealkylation sites (tertiary alicyclic amines) is 1. The Balaban J connectivity index is 2.31. The van der Waals surface area contributed by atoms with Gasteiger partial charge in [-0.05, 0) is 32.4 Å². The molecule has 2 saturated heterocycles. The molecule has 2 atom stereocenters. The number of fused-ring (bicyclic) bond motifs is 2. The van der Waals surface area contributed by atoms with Gasteiger partial charge in [-0.2, -0.15) is 4.31 Å². The fraction of sp³-hybridized carbons (Fsp3) is 0.692. The molecule has 2 bridgehead atoms. The molecule has 0 aliphatic carbocycles. The summed E-state index contributed by atoms with van der Waals surface area (Å²) in [5, 5.41) is 0.220. The van der Waals surface area contributed by atoms with Crippen molar-refractivity contribution in [3.8, 4) is 0 Å². The monoisotopic (exact) mass is 304 g/mol. The SMILES string of the molecule is C=C/C(Cl)=C(\C)S(=O)(=O)N1C2CCC1CN(CC)C2. The van der Waals surface area contributed by atoms with E-state index in [1.807, 2.05) is 0 Å². The first-order valence-corrected chi connectivity index (χ1v) is 8.48. The maximum atomic E-state index is 12.7. The Labute approximate surface area is 120 Å². The topological polar surface area (TPSA) is 40.6 Å². The number of hydrogen-bond donors (Lipinski definition) is 0. The van der Waals surface area contributed by atoms with Crippen LogP contribution < -0.4 is 0 Å². The third kappa shape index (κ3) is 2.61. The van der Waals surface area contributed by atoms with Crippen LogP contribution in [0.5, 0.6) is 0 Å². The summed E-state index contributed by atoms with van der Waals surface area (Å²) in [6.07, 6.45) is 3.28. The van der Waals surface area contributed by atoms with Crippen molar-refractivity contribution in [2.75, 3.05) is 19.6 Å². The predicted octanol–water partition coefficient (Wildman–Crippen LogP) is 2.14. The summed E-state index contributed by atoms with van der Waals surface area (Å²) in [6.45, 7) is 9.84. The maximum absolute atomic E-state index is 12.7. The molecule has 0 amide bonds. The Morgan fingerprint density at radius 3 is 2.32 bits per heavy atom. The van der Waals surface area contributed by atoms with Crippen molar-refractivity contribution in [1.29, 1.82) is 0 Å². The van der Waals surface area contributed by atoms with E-state index in [0.29, 0.717) is 0 Å². The van der Waals surface area contributed by atoms with Crippen molar-refractivity contribution in [2.45, 2.75) is 38.8 Å². The lowest BCUT2D eigenvalue weighted by molar-refractivity contribution is 0.135. The Bertz CT molecular complexity index is 487. The molecule has 0 saturated carbocycles. The second kappa shape index (κ2) is 5.56. The molecule has 2 heterocycles. The van der Waals surface area contributed by atoms with Crippen molar-refractivity contribution in [3.63, 3.8) is 0 Å². The lowest BCUT2D eigenvalue weighted by atomic mass is 10.2. The van der Waals surface area contributed by atoms with Crippen LogP contribution >= 0.6 is 11.6 Å². The van der Waals surface area contributed by atoms with Crippen LogP contribution in [0.3, 0.4) is 0 Å². The summed E-state index contributed by atoms with van der Waals surface area (Å²) < 4.78 is 27.0. The van der Waals surface area contributed by atoms with Gasteiger partial charge in [-0.15, -0.1) is 0 Å². The summed E-state index contributed by atoms with van der Waals surface area (Å²) in [6, 6.07) is 0.181. The third-order valence-corrected chi connectivity index (χ3v) is 6.81. The van der Waals surface area contributed by atoms with E-state index in [9.17, 15) is 8.42 Å². The molecule has 2 unspecified atom stereocenters. The van der Waals surface area contributed by atoms with E-state index in [4.69, 9.17) is 11.6 Å². The van der Waals surface area contributed by atoms with Crippen molar-refractivity contribution in [2.24, 2.45) is 0 Å². The first-order chi connectivity index (χ1) is 8.91. The van der Waals surface area contributed by atoms with Crippen LogP contribution in [0.25, 0.3) is 0 Å². The molecule has 2 aliphatic rings. The molecule has 0 aromatic heterocycles. The maximum Gasteiger partial charge on any atom is 0.241 e. The second-order valence-corrected chi connectivity index (χ2v) is 7.57. The number of likely N-dealkylation sites (N-methyl/N-ethyl adjacent to an activating group) is 1. The van der Waals surface area contributed by atoms with Gasteiger partial charge in [0.15, 0.2) is 0 Å². The summed E-state index contributed by atoms with van der Waals surface area (Å²) in [7, 11) is -3.46. The smallest absolute Gasteiger partial charge is 0.241 e. The molecule has 0 aromatic carbocycles. The molecule has 6 heteroatoms. The summed E-state index contributed by atoms with van der Waals surface area (Å²) in [5.74, 6) is 0. The van der Waals surface area contributed by atoms with Gasteiger partial charge in [0.2, 0.25) is 10.0 Å². The van der Waals surface area contributed by atoms with Gasteiger partial charge in [0, 0.05) is 25.2 Å². The molecule has 0 aromatic rings. The summed E-state index contributed by atoms with van der Waals surface area (Å²) in [4.78, 5) is 2.54. The van der Waals surface area contributed by atoms with Gasteiger partial charge in [0.25, 0.3) is 0 Å². The highest BCUT2D eigenvalue weighted by molar-refractivity contribution is 7.93. The van der Waals surface area contributed by atoms with Crippen molar-refractivity contribution in [3.05, 3.63) is 22.6 Å². The highest BCUT2D eigenvalue weighted by atomic mass is 35.5. The van der Waals surface area contributed by atoms with Crippen LogP contribution in [0.15, 0.2) is 22.6 Å². The average molecular weight is 305 g/mol. The Hall–Kier alpha value is -0.360. The lowest BCUT2D eigenvalue weighted by Gasteiger charge is -2.39. The number of allylic oxidation sites excluding steroid dienone is 3. The summed E-state index contributed by atoms with van der Waals surface area (Å²) >= 11 is 5.94. The van der Waals surface area contributed by atoms with Crippen molar-refractivity contribution in [1.82, 2.24) is 9.21 Å². The van der Waals surface area contributed by atoms with Crippen LogP contribution in [0.4, 0.5) is 0 Å². The minimum atomic E-state index is -3.46. The number of sulfonamides is 1. The predicted molar refractivity (Wildman–Crippen MR) is 78.4 cm³/mol. The molecular weight excluding hydrogens is 284 g/mol. The molecule has 0 radical (unpaired) electrons. The van der Waals surface area contributed by atoms with Gasteiger partial charge in [-0.25, -0.2) is 8.42 Å². The summed E-state index contributed by atoms with van der Waals surface area (Å²) in [5.41, 5.74) is 0. The van der Waals surface area contributed by atoms with E-state index in [1.165, 1.54) is 6.08 Å². The molecule has 0 spiro atoms. The molecule has 2 aliphatic heterocycles. The number of halogens is 1. The Morgan fingerprint density at radius 2 is 1.89 bits per heavy atom. The number of rotatable bonds is 4. The molecule has 108 valence electrons. The number of nitrogens with zero attached hydrogens (tertiary/aromatic N) is 2. The molecule has 4 nitrogen and oxygen atoms in total. The first kappa shape index (κ1) is 15.0. The van der Waals surface area contributed by atoms with Crippen LogP contribution in [0.2, 0.25) is 0 Å². The first-order valence-electron chi connectivity index (χ1n) is 6.66. The molecule has 2 fully saturated rings. The average Bonchev–Trinajstić information content (AvgIpc) is 2.69. The van der Waals surface area contributed by atoms with Gasteiger partial charge in [-0.1, -0.05) is 25.1 Å². The fourth-order valence-corrected chi connectivity index (χ4v) is 5.09. The molecule has 2 rings (SSSR count). The minimum Gasteiger partial charge on any atom is -0.300 e. The van der Waals surface area contributed by atoms with Crippen LogP contribution in [0.1, 0.15) is 26.7 Å². The second-order valence-electron chi connectivity index (χ2n) is 5.18. The molecule has 19 heavy (non-hydrogen) atoms. The zero-order valence-corrected chi connectivity index (χ0v) is 13.0. The van der Waals surface area contributed by atoms with Gasteiger partial charge in [0.05, 0.1) is 9.94 Å². The van der Waals surface area contributed by atoms with Crippen LogP contribution in [0, 0.1) is 0 Å². The van der Waals surface area contributed by atoms with E-state index in [0.717, 1.165) is 32.5 Å². The van der Waals surface area contributed by atoms with Gasteiger partial charge < -0.3 is 4.90 Å². The van der Waals surface area contributed by atoms with E-state index < -0.39 is 10.0 Å². The number of hydrogen-bond acceptors (Lipinski definition) is 3. The normalized spacial score (nSPS) is 30.3. The van der Waals surface area contributed by atoms with Crippen molar-refractivity contribution < 1.29 is 8.42 Å². The zero-order valence-electron chi connectivity index (χ0n) is 11.5.